The topological polar surface area (TPSA) is 62.1 Å². The van der Waals surface area contributed by atoms with E-state index in [-0.39, 0.29) is 18.3 Å². The summed E-state index contributed by atoms with van der Waals surface area (Å²) in [7, 11) is 1.48. The summed E-state index contributed by atoms with van der Waals surface area (Å²) >= 11 is 0. The number of hydrogen-bond acceptors (Lipinski definition) is 3. The van der Waals surface area contributed by atoms with Crippen molar-refractivity contribution >= 4 is 5.91 Å². The first kappa shape index (κ1) is 12.4. The van der Waals surface area contributed by atoms with E-state index in [0.717, 1.165) is 0 Å². The third kappa shape index (κ3) is 2.28. The SMILES string of the molecule is COc1ccc(F)cc1CNC(=O)C1(C#N)CC1. The fourth-order valence-electron chi connectivity index (χ4n) is 1.74. The highest BCUT2D eigenvalue weighted by molar-refractivity contribution is 5.88. The Morgan fingerprint density at radius 3 is 2.89 bits per heavy atom. The van der Waals surface area contributed by atoms with E-state index in [0.29, 0.717) is 24.2 Å². The molecule has 0 spiro atoms. The van der Waals surface area contributed by atoms with Crippen LogP contribution in [0.2, 0.25) is 0 Å². The van der Waals surface area contributed by atoms with Gasteiger partial charge in [0, 0.05) is 12.1 Å². The lowest BCUT2D eigenvalue weighted by Gasteiger charge is -2.11. The molecule has 0 aliphatic heterocycles. The first-order valence-electron chi connectivity index (χ1n) is 5.63. The molecule has 0 heterocycles. The van der Waals surface area contributed by atoms with Crippen molar-refractivity contribution in [2.45, 2.75) is 19.4 Å². The molecule has 0 bridgehead atoms. The van der Waals surface area contributed by atoms with Gasteiger partial charge in [-0.1, -0.05) is 0 Å². The Labute approximate surface area is 104 Å². The van der Waals surface area contributed by atoms with E-state index in [1.54, 1.807) is 0 Å². The number of benzene rings is 1. The van der Waals surface area contributed by atoms with Crippen LogP contribution in [0.15, 0.2) is 18.2 Å². The van der Waals surface area contributed by atoms with E-state index >= 15 is 0 Å². The molecule has 0 unspecified atom stereocenters. The molecule has 1 amide bonds. The molecule has 4 nitrogen and oxygen atoms in total. The van der Waals surface area contributed by atoms with Gasteiger partial charge in [0.1, 0.15) is 17.0 Å². The van der Waals surface area contributed by atoms with Gasteiger partial charge in [-0.3, -0.25) is 4.79 Å². The number of rotatable bonds is 4. The van der Waals surface area contributed by atoms with Crippen molar-refractivity contribution in [1.29, 1.82) is 5.26 Å². The summed E-state index contributed by atoms with van der Waals surface area (Å²) in [5.74, 6) is -0.170. The second-order valence-corrected chi connectivity index (χ2v) is 4.33. The second-order valence-electron chi connectivity index (χ2n) is 4.33. The molecule has 1 saturated carbocycles. The monoisotopic (exact) mass is 248 g/mol. The third-order valence-corrected chi connectivity index (χ3v) is 3.08. The Bertz CT molecular complexity index is 518. The zero-order valence-electron chi connectivity index (χ0n) is 10.00. The molecule has 2 rings (SSSR count). The summed E-state index contributed by atoms with van der Waals surface area (Å²) in [4.78, 5) is 11.7. The quantitative estimate of drug-likeness (QED) is 0.883. The van der Waals surface area contributed by atoms with Crippen LogP contribution in [0.5, 0.6) is 5.75 Å². The van der Waals surface area contributed by atoms with Crippen LogP contribution in [-0.2, 0) is 11.3 Å². The minimum Gasteiger partial charge on any atom is -0.496 e. The molecule has 1 aliphatic rings. The van der Waals surface area contributed by atoms with E-state index in [1.165, 1.54) is 25.3 Å². The molecule has 18 heavy (non-hydrogen) atoms. The number of hydrogen-bond donors (Lipinski definition) is 1. The number of nitrogens with one attached hydrogen (secondary N) is 1. The van der Waals surface area contributed by atoms with E-state index < -0.39 is 5.41 Å². The van der Waals surface area contributed by atoms with Gasteiger partial charge in [0.2, 0.25) is 5.91 Å². The fraction of sp³-hybridized carbons (Fsp3) is 0.385. The van der Waals surface area contributed by atoms with Gasteiger partial charge in [0.05, 0.1) is 13.2 Å². The van der Waals surface area contributed by atoms with Gasteiger partial charge in [-0.2, -0.15) is 5.26 Å². The highest BCUT2D eigenvalue weighted by Gasteiger charge is 2.50. The van der Waals surface area contributed by atoms with E-state index in [2.05, 4.69) is 5.32 Å². The summed E-state index contributed by atoms with van der Waals surface area (Å²) in [6, 6.07) is 6.12. The molecule has 1 aromatic carbocycles. The second kappa shape index (κ2) is 4.65. The highest BCUT2D eigenvalue weighted by Crippen LogP contribution is 2.45. The predicted octanol–water partition coefficient (Wildman–Crippen LogP) is 1.75. The Hall–Kier alpha value is -2.09. The van der Waals surface area contributed by atoms with Crippen LogP contribution in [0.3, 0.4) is 0 Å². The lowest BCUT2D eigenvalue weighted by molar-refractivity contribution is -0.124. The fourth-order valence-corrected chi connectivity index (χ4v) is 1.74. The summed E-state index contributed by atoms with van der Waals surface area (Å²) in [5, 5.41) is 11.5. The number of methoxy groups -OCH3 is 1. The number of amides is 1. The molecular weight excluding hydrogens is 235 g/mol. The lowest BCUT2D eigenvalue weighted by Crippen LogP contribution is -2.30. The Kier molecular flexibility index (Phi) is 3.19. The average molecular weight is 248 g/mol. The summed E-state index contributed by atoms with van der Waals surface area (Å²) in [6.45, 7) is 0.156. The molecular formula is C13H13FN2O2. The number of carbonyl (C=O) groups is 1. The molecule has 0 radical (unpaired) electrons. The minimum atomic E-state index is -0.861. The van der Waals surface area contributed by atoms with Crippen LogP contribution in [0, 0.1) is 22.6 Å². The Balaban J connectivity index is 2.04. The zero-order chi connectivity index (χ0) is 13.2. The van der Waals surface area contributed by atoms with Crippen LogP contribution in [0.1, 0.15) is 18.4 Å². The summed E-state index contributed by atoms with van der Waals surface area (Å²) in [5.41, 5.74) is -0.305. The molecule has 1 fully saturated rings. The normalized spacial score (nSPS) is 15.6. The maximum Gasteiger partial charge on any atom is 0.240 e. The molecule has 0 aromatic heterocycles. The van der Waals surface area contributed by atoms with Crippen molar-refractivity contribution in [2.75, 3.05) is 7.11 Å². The molecule has 1 N–H and O–H groups in total. The van der Waals surface area contributed by atoms with Crippen LogP contribution in [0.25, 0.3) is 0 Å². The van der Waals surface area contributed by atoms with Crippen molar-refractivity contribution in [3.8, 4) is 11.8 Å². The van der Waals surface area contributed by atoms with E-state index in [4.69, 9.17) is 10.00 Å². The first-order valence-corrected chi connectivity index (χ1v) is 5.63. The van der Waals surface area contributed by atoms with Crippen molar-refractivity contribution < 1.29 is 13.9 Å². The molecule has 1 aromatic rings. The van der Waals surface area contributed by atoms with Crippen molar-refractivity contribution in [3.63, 3.8) is 0 Å². The number of ether oxygens (including phenoxy) is 1. The van der Waals surface area contributed by atoms with Crippen molar-refractivity contribution in [1.82, 2.24) is 5.32 Å². The Morgan fingerprint density at radius 1 is 1.61 bits per heavy atom. The molecule has 94 valence electrons. The maximum absolute atomic E-state index is 13.1. The summed E-state index contributed by atoms with van der Waals surface area (Å²) in [6.07, 6.45) is 1.19. The minimum absolute atomic E-state index is 0.156. The number of nitriles is 1. The zero-order valence-corrected chi connectivity index (χ0v) is 10.00. The van der Waals surface area contributed by atoms with Crippen molar-refractivity contribution in [2.24, 2.45) is 5.41 Å². The predicted molar refractivity (Wildman–Crippen MR) is 62.1 cm³/mol. The van der Waals surface area contributed by atoms with Crippen LogP contribution in [-0.4, -0.2) is 13.0 Å². The number of nitrogens with zero attached hydrogens (tertiary/aromatic N) is 1. The first-order chi connectivity index (χ1) is 8.61. The largest absolute Gasteiger partial charge is 0.496 e. The van der Waals surface area contributed by atoms with Gasteiger partial charge in [-0.25, -0.2) is 4.39 Å². The van der Waals surface area contributed by atoms with Crippen molar-refractivity contribution in [3.05, 3.63) is 29.6 Å². The Morgan fingerprint density at radius 2 is 2.33 bits per heavy atom. The summed E-state index contributed by atoms with van der Waals surface area (Å²) < 4.78 is 18.2. The van der Waals surface area contributed by atoms with Gasteiger partial charge in [0.25, 0.3) is 0 Å². The van der Waals surface area contributed by atoms with Crippen LogP contribution < -0.4 is 10.1 Å². The molecule has 0 saturated heterocycles. The lowest BCUT2D eigenvalue weighted by atomic mass is 10.1. The number of carbonyl (C=O) groups excluding carboxylic acids is 1. The maximum atomic E-state index is 13.1. The highest BCUT2D eigenvalue weighted by atomic mass is 19.1. The molecule has 5 heteroatoms. The van der Waals surface area contributed by atoms with E-state index in [9.17, 15) is 9.18 Å². The smallest absolute Gasteiger partial charge is 0.240 e. The molecule has 0 atom stereocenters. The van der Waals surface area contributed by atoms with Gasteiger partial charge >= 0.3 is 0 Å². The average Bonchev–Trinajstić information content (AvgIpc) is 3.17. The number of halogens is 1. The van der Waals surface area contributed by atoms with Gasteiger partial charge in [-0.15, -0.1) is 0 Å². The third-order valence-electron chi connectivity index (χ3n) is 3.08. The standard InChI is InChI=1S/C13H13FN2O2/c1-18-11-3-2-10(14)6-9(11)7-16-12(17)13(8-15)4-5-13/h2-3,6H,4-5,7H2,1H3,(H,16,17). The van der Waals surface area contributed by atoms with Gasteiger partial charge in [-0.05, 0) is 31.0 Å². The van der Waals surface area contributed by atoms with E-state index in [1.807, 2.05) is 6.07 Å². The van der Waals surface area contributed by atoms with Gasteiger partial charge < -0.3 is 10.1 Å². The van der Waals surface area contributed by atoms with Crippen LogP contribution >= 0.6 is 0 Å². The van der Waals surface area contributed by atoms with Gasteiger partial charge in [0.15, 0.2) is 0 Å². The van der Waals surface area contributed by atoms with Crippen LogP contribution in [0.4, 0.5) is 4.39 Å². The molecule has 1 aliphatic carbocycles.